The summed E-state index contributed by atoms with van der Waals surface area (Å²) in [7, 11) is 3.18. The molecule has 0 amide bonds. The van der Waals surface area contributed by atoms with Crippen LogP contribution >= 0.6 is 0 Å². The lowest BCUT2D eigenvalue weighted by atomic mass is 10.0. The number of aliphatic hydroxyl groups excluding tert-OH is 1. The number of rotatable bonds is 3. The Bertz CT molecular complexity index is 362. The van der Waals surface area contributed by atoms with Gasteiger partial charge in [0.2, 0.25) is 0 Å². The monoisotopic (exact) mass is 210 g/mol. The van der Waals surface area contributed by atoms with Crippen LogP contribution in [0.5, 0.6) is 17.2 Å². The van der Waals surface area contributed by atoms with Crippen LogP contribution in [0.1, 0.15) is 11.5 Å². The lowest BCUT2D eigenvalue weighted by molar-refractivity contribution is 0.232. The van der Waals surface area contributed by atoms with Crippen LogP contribution < -0.4 is 14.2 Å². The maximum absolute atomic E-state index is 9.15. The van der Waals surface area contributed by atoms with Gasteiger partial charge in [-0.25, -0.2) is 0 Å². The van der Waals surface area contributed by atoms with Gasteiger partial charge in [0.25, 0.3) is 0 Å². The molecular weight excluding hydrogens is 196 g/mol. The summed E-state index contributed by atoms with van der Waals surface area (Å²) in [6, 6.07) is 3.66. The smallest absolute Gasteiger partial charge is 0.164 e. The summed E-state index contributed by atoms with van der Waals surface area (Å²) in [5.41, 5.74) is 0.982. The molecule has 0 aliphatic carbocycles. The third-order valence-corrected chi connectivity index (χ3v) is 2.62. The molecule has 4 heteroatoms. The quantitative estimate of drug-likeness (QED) is 0.813. The van der Waals surface area contributed by atoms with E-state index in [1.807, 2.05) is 6.07 Å². The number of aliphatic hydroxyl groups is 1. The summed E-state index contributed by atoms with van der Waals surface area (Å²) >= 11 is 0. The topological polar surface area (TPSA) is 47.9 Å². The number of hydrogen-bond donors (Lipinski definition) is 1. The van der Waals surface area contributed by atoms with Crippen LogP contribution in [0.2, 0.25) is 0 Å². The van der Waals surface area contributed by atoms with Gasteiger partial charge in [-0.3, -0.25) is 0 Å². The summed E-state index contributed by atoms with van der Waals surface area (Å²) in [5.74, 6) is 2.13. The third kappa shape index (κ3) is 1.61. The van der Waals surface area contributed by atoms with Gasteiger partial charge >= 0.3 is 0 Å². The van der Waals surface area contributed by atoms with E-state index in [0.717, 1.165) is 11.3 Å². The molecule has 0 fully saturated rings. The summed E-state index contributed by atoms with van der Waals surface area (Å²) in [5, 5.41) is 9.15. The van der Waals surface area contributed by atoms with Crippen molar-refractivity contribution in [2.75, 3.05) is 27.4 Å². The predicted molar refractivity (Wildman–Crippen MR) is 54.9 cm³/mol. The number of methoxy groups -OCH3 is 2. The van der Waals surface area contributed by atoms with Gasteiger partial charge in [0.05, 0.1) is 27.4 Å². The lowest BCUT2D eigenvalue weighted by Crippen LogP contribution is -2.04. The second kappa shape index (κ2) is 3.98. The fraction of sp³-hybridized carbons (Fsp3) is 0.455. The Morgan fingerprint density at radius 1 is 1.33 bits per heavy atom. The molecule has 1 aromatic carbocycles. The van der Waals surface area contributed by atoms with E-state index in [2.05, 4.69) is 0 Å². The molecule has 1 heterocycles. The van der Waals surface area contributed by atoms with Crippen molar-refractivity contribution in [2.24, 2.45) is 0 Å². The molecular formula is C11H14O4. The maximum Gasteiger partial charge on any atom is 0.164 e. The highest BCUT2D eigenvalue weighted by molar-refractivity contribution is 5.53. The molecule has 0 saturated heterocycles. The number of hydrogen-bond acceptors (Lipinski definition) is 4. The van der Waals surface area contributed by atoms with Crippen LogP contribution in [0.3, 0.4) is 0 Å². The predicted octanol–water partition coefficient (Wildman–Crippen LogP) is 1.17. The molecule has 15 heavy (non-hydrogen) atoms. The molecule has 4 nitrogen and oxygen atoms in total. The fourth-order valence-electron chi connectivity index (χ4n) is 1.75. The van der Waals surface area contributed by atoms with Crippen LogP contribution in [0.25, 0.3) is 0 Å². The Morgan fingerprint density at radius 2 is 2.00 bits per heavy atom. The highest BCUT2D eigenvalue weighted by Crippen LogP contribution is 2.41. The first-order valence-electron chi connectivity index (χ1n) is 4.79. The maximum atomic E-state index is 9.15. The van der Waals surface area contributed by atoms with Crippen molar-refractivity contribution in [3.63, 3.8) is 0 Å². The molecule has 1 atom stereocenters. The zero-order chi connectivity index (χ0) is 10.8. The highest BCUT2D eigenvalue weighted by Gasteiger charge is 2.25. The van der Waals surface area contributed by atoms with Crippen LogP contribution in [0.15, 0.2) is 12.1 Å². The number of fused-ring (bicyclic) bond motifs is 1. The van der Waals surface area contributed by atoms with Gasteiger partial charge in [-0.2, -0.15) is 0 Å². The molecule has 1 aliphatic heterocycles. The third-order valence-electron chi connectivity index (χ3n) is 2.62. The second-order valence-electron chi connectivity index (χ2n) is 3.44. The molecule has 0 bridgehead atoms. The largest absolute Gasteiger partial charge is 0.493 e. The summed E-state index contributed by atoms with van der Waals surface area (Å²) < 4.78 is 15.8. The first-order valence-corrected chi connectivity index (χ1v) is 4.79. The minimum Gasteiger partial charge on any atom is -0.493 e. The normalized spacial score (nSPS) is 18.2. The van der Waals surface area contributed by atoms with Gasteiger partial charge in [-0.05, 0) is 6.07 Å². The minimum absolute atomic E-state index is 0.0415. The summed E-state index contributed by atoms with van der Waals surface area (Å²) in [6.07, 6.45) is 0. The van der Waals surface area contributed by atoms with Gasteiger partial charge in [0, 0.05) is 17.5 Å². The van der Waals surface area contributed by atoms with Crippen LogP contribution in [-0.4, -0.2) is 32.5 Å². The Hall–Kier alpha value is -1.42. The van der Waals surface area contributed by atoms with Crippen molar-refractivity contribution in [1.82, 2.24) is 0 Å². The summed E-state index contributed by atoms with van der Waals surface area (Å²) in [6.45, 7) is 0.602. The van der Waals surface area contributed by atoms with E-state index < -0.39 is 0 Å². The molecule has 0 aromatic heterocycles. The zero-order valence-electron chi connectivity index (χ0n) is 8.82. The van der Waals surface area contributed by atoms with E-state index in [4.69, 9.17) is 19.3 Å². The second-order valence-corrected chi connectivity index (χ2v) is 3.44. The van der Waals surface area contributed by atoms with Crippen molar-refractivity contribution < 1.29 is 19.3 Å². The Morgan fingerprint density at radius 3 is 2.60 bits per heavy atom. The minimum atomic E-state index is 0.0415. The summed E-state index contributed by atoms with van der Waals surface area (Å²) in [4.78, 5) is 0. The van der Waals surface area contributed by atoms with Crippen LogP contribution in [0, 0.1) is 0 Å². The molecule has 2 rings (SSSR count). The highest BCUT2D eigenvalue weighted by atomic mass is 16.5. The van der Waals surface area contributed by atoms with Gasteiger partial charge < -0.3 is 19.3 Å². The van der Waals surface area contributed by atoms with E-state index in [1.54, 1.807) is 20.3 Å². The standard InChI is InChI=1S/C11H14O4/c1-13-10-3-8-7(5-12)6-15-9(8)4-11(10)14-2/h3-4,7,12H,5-6H2,1-2H3/t7-/m0/s1. The molecule has 1 N–H and O–H groups in total. The van der Waals surface area contributed by atoms with E-state index in [1.165, 1.54) is 0 Å². The first-order chi connectivity index (χ1) is 7.30. The van der Waals surface area contributed by atoms with E-state index in [9.17, 15) is 0 Å². The Balaban J connectivity index is 2.44. The van der Waals surface area contributed by atoms with Crippen molar-refractivity contribution >= 4 is 0 Å². The van der Waals surface area contributed by atoms with Gasteiger partial charge in [0.1, 0.15) is 5.75 Å². The van der Waals surface area contributed by atoms with E-state index in [-0.39, 0.29) is 12.5 Å². The molecule has 1 aliphatic rings. The number of ether oxygens (including phenoxy) is 3. The molecule has 82 valence electrons. The van der Waals surface area contributed by atoms with Crippen molar-refractivity contribution in [2.45, 2.75) is 5.92 Å². The Labute approximate surface area is 88.4 Å². The molecule has 0 spiro atoms. The first kappa shape index (κ1) is 10.1. The van der Waals surface area contributed by atoms with Crippen LogP contribution in [-0.2, 0) is 0 Å². The van der Waals surface area contributed by atoms with Crippen molar-refractivity contribution in [3.05, 3.63) is 17.7 Å². The van der Waals surface area contributed by atoms with Gasteiger partial charge in [-0.1, -0.05) is 0 Å². The van der Waals surface area contributed by atoms with Crippen LogP contribution in [0.4, 0.5) is 0 Å². The van der Waals surface area contributed by atoms with E-state index in [0.29, 0.717) is 18.1 Å². The SMILES string of the molecule is COc1cc2c(cc1OC)[C@@H](CO)CO2. The molecule has 1 aromatic rings. The zero-order valence-corrected chi connectivity index (χ0v) is 8.82. The average Bonchev–Trinajstić information content (AvgIpc) is 2.68. The molecule has 0 saturated carbocycles. The van der Waals surface area contributed by atoms with Crippen molar-refractivity contribution in [3.8, 4) is 17.2 Å². The number of benzene rings is 1. The van der Waals surface area contributed by atoms with Gasteiger partial charge in [-0.15, -0.1) is 0 Å². The van der Waals surface area contributed by atoms with E-state index >= 15 is 0 Å². The van der Waals surface area contributed by atoms with Crippen molar-refractivity contribution in [1.29, 1.82) is 0 Å². The molecule has 0 unspecified atom stereocenters. The fourth-order valence-corrected chi connectivity index (χ4v) is 1.75. The Kier molecular flexibility index (Phi) is 2.68. The molecule has 0 radical (unpaired) electrons. The van der Waals surface area contributed by atoms with Gasteiger partial charge in [0.15, 0.2) is 11.5 Å². The lowest BCUT2D eigenvalue weighted by Gasteiger charge is -2.10. The average molecular weight is 210 g/mol.